The summed E-state index contributed by atoms with van der Waals surface area (Å²) in [6, 6.07) is 12.7. The molecule has 0 aliphatic rings. The summed E-state index contributed by atoms with van der Waals surface area (Å²) >= 11 is 13.5. The van der Waals surface area contributed by atoms with Gasteiger partial charge in [0.1, 0.15) is 5.82 Å². The van der Waals surface area contributed by atoms with E-state index < -0.39 is 0 Å². The Balaban J connectivity index is 1.60. The van der Waals surface area contributed by atoms with Crippen molar-refractivity contribution in [2.45, 2.75) is 17.5 Å². The lowest BCUT2D eigenvalue weighted by Crippen LogP contribution is -2.12. The van der Waals surface area contributed by atoms with E-state index in [0.29, 0.717) is 33.3 Å². The van der Waals surface area contributed by atoms with Crippen molar-refractivity contribution in [3.8, 4) is 11.4 Å². The topological polar surface area (TPSA) is 94.8 Å². The number of thioether (sulfide) groups is 1. The first kappa shape index (κ1) is 19.1. The molecule has 0 saturated carbocycles. The average Bonchev–Trinajstić information content (AvgIpc) is 3.22. The molecule has 144 valence electrons. The van der Waals surface area contributed by atoms with Crippen LogP contribution in [0.3, 0.4) is 0 Å². The number of hydrogen-bond donors (Lipinski definition) is 2. The predicted molar refractivity (Wildman–Crippen MR) is 112 cm³/mol. The summed E-state index contributed by atoms with van der Waals surface area (Å²) in [6.07, 6.45) is 0. The minimum Gasteiger partial charge on any atom is -0.395 e. The van der Waals surface area contributed by atoms with Gasteiger partial charge in [-0.2, -0.15) is 0 Å². The lowest BCUT2D eigenvalue weighted by Gasteiger charge is -2.07. The van der Waals surface area contributed by atoms with Crippen LogP contribution in [-0.4, -0.2) is 36.1 Å². The maximum absolute atomic E-state index is 9.43. The summed E-state index contributed by atoms with van der Waals surface area (Å²) in [4.78, 5) is 4.65. The second kappa shape index (κ2) is 8.00. The maximum atomic E-state index is 9.43. The van der Waals surface area contributed by atoms with Gasteiger partial charge < -0.3 is 15.5 Å². The molecule has 4 aromatic rings. The van der Waals surface area contributed by atoms with Crippen molar-refractivity contribution in [1.29, 1.82) is 0 Å². The zero-order valence-corrected chi connectivity index (χ0v) is 16.9. The molecule has 0 radical (unpaired) electrons. The van der Waals surface area contributed by atoms with Crippen molar-refractivity contribution in [2.75, 3.05) is 12.4 Å². The minimum absolute atomic E-state index is 0.00340. The number of nitrogens with zero attached hydrogens (tertiary/aromatic N) is 5. The third-order valence-electron chi connectivity index (χ3n) is 4.21. The highest BCUT2D eigenvalue weighted by Gasteiger charge is 2.16. The highest BCUT2D eigenvalue weighted by atomic mass is 35.5. The highest BCUT2D eigenvalue weighted by Crippen LogP contribution is 2.27. The second-order valence-electron chi connectivity index (χ2n) is 6.01. The first-order valence-corrected chi connectivity index (χ1v) is 10.2. The Hall–Kier alpha value is -2.26. The highest BCUT2D eigenvalue weighted by molar-refractivity contribution is 7.98. The molecule has 0 fully saturated rings. The number of nitrogens with two attached hydrogens (primary N) is 1. The van der Waals surface area contributed by atoms with E-state index in [9.17, 15) is 5.11 Å². The normalized spacial score (nSPS) is 11.4. The van der Waals surface area contributed by atoms with Crippen LogP contribution in [0, 0.1) is 0 Å². The number of rotatable bonds is 6. The Bertz CT molecular complexity index is 1130. The maximum Gasteiger partial charge on any atom is 0.210 e. The van der Waals surface area contributed by atoms with Crippen LogP contribution in [0.15, 0.2) is 47.6 Å². The predicted octanol–water partition coefficient (Wildman–Crippen LogP) is 3.60. The summed E-state index contributed by atoms with van der Waals surface area (Å²) in [7, 11) is 0. The monoisotopic (exact) mass is 434 g/mol. The zero-order chi connectivity index (χ0) is 19.7. The van der Waals surface area contributed by atoms with Crippen LogP contribution in [0.2, 0.25) is 10.0 Å². The van der Waals surface area contributed by atoms with Gasteiger partial charge in [-0.3, -0.25) is 0 Å². The average molecular weight is 435 g/mol. The Morgan fingerprint density at radius 1 is 1.04 bits per heavy atom. The van der Waals surface area contributed by atoms with Gasteiger partial charge in [0, 0.05) is 22.2 Å². The molecule has 3 N–H and O–H groups in total. The molecular formula is C18H16Cl2N6OS. The van der Waals surface area contributed by atoms with Gasteiger partial charge in [-0.05, 0) is 42.5 Å². The molecule has 0 unspecified atom stereocenters. The number of hydrogen-bond acceptors (Lipinski definition) is 6. The minimum atomic E-state index is 0.00340. The van der Waals surface area contributed by atoms with Crippen molar-refractivity contribution in [3.05, 3.63) is 58.3 Å². The first-order valence-electron chi connectivity index (χ1n) is 8.41. The largest absolute Gasteiger partial charge is 0.395 e. The van der Waals surface area contributed by atoms with Gasteiger partial charge in [0.15, 0.2) is 5.82 Å². The number of aromatic nitrogens is 5. The van der Waals surface area contributed by atoms with Gasteiger partial charge in [0.25, 0.3) is 0 Å². The smallest absolute Gasteiger partial charge is 0.210 e. The van der Waals surface area contributed by atoms with Crippen molar-refractivity contribution in [2.24, 2.45) is 0 Å². The summed E-state index contributed by atoms with van der Waals surface area (Å²) in [6.45, 7) is 0.432. The Morgan fingerprint density at radius 2 is 1.79 bits per heavy atom. The Labute approximate surface area is 175 Å². The fourth-order valence-corrected chi connectivity index (χ4v) is 4.00. The third kappa shape index (κ3) is 3.68. The summed E-state index contributed by atoms with van der Waals surface area (Å²) in [5.41, 5.74) is 2.53. The number of halogens is 2. The number of nitrogen functional groups attached to an aromatic ring is 1. The van der Waals surface area contributed by atoms with Crippen molar-refractivity contribution >= 4 is 46.0 Å². The zero-order valence-electron chi connectivity index (χ0n) is 14.6. The molecule has 4 rings (SSSR count). The summed E-state index contributed by atoms with van der Waals surface area (Å²) < 4.78 is 3.40. The summed E-state index contributed by atoms with van der Waals surface area (Å²) in [5.74, 6) is 8.05. The van der Waals surface area contributed by atoms with Crippen LogP contribution in [0.4, 0.5) is 0 Å². The van der Waals surface area contributed by atoms with Crippen molar-refractivity contribution in [1.82, 2.24) is 24.4 Å². The number of fused-ring (bicyclic) bond motifs is 1. The van der Waals surface area contributed by atoms with E-state index in [1.54, 1.807) is 18.2 Å². The van der Waals surface area contributed by atoms with Crippen LogP contribution < -0.4 is 5.84 Å². The SMILES string of the molecule is Nn1c(SCc2nc3ccc(Cl)cc3n2CCO)nnc1-c1ccc(Cl)cc1. The van der Waals surface area contributed by atoms with E-state index in [2.05, 4.69) is 15.2 Å². The molecular weight excluding hydrogens is 419 g/mol. The molecule has 28 heavy (non-hydrogen) atoms. The van der Waals surface area contributed by atoms with Crippen LogP contribution in [0.5, 0.6) is 0 Å². The molecule has 2 heterocycles. The molecule has 2 aromatic carbocycles. The van der Waals surface area contributed by atoms with E-state index in [4.69, 9.17) is 29.0 Å². The molecule has 0 aliphatic heterocycles. The first-order chi connectivity index (χ1) is 13.6. The van der Waals surface area contributed by atoms with Crippen LogP contribution in [-0.2, 0) is 12.3 Å². The lowest BCUT2D eigenvalue weighted by molar-refractivity contribution is 0.276. The van der Waals surface area contributed by atoms with Gasteiger partial charge in [-0.1, -0.05) is 35.0 Å². The molecule has 0 aliphatic carbocycles. The lowest BCUT2D eigenvalue weighted by atomic mass is 10.2. The molecule has 10 heteroatoms. The van der Waals surface area contributed by atoms with Crippen molar-refractivity contribution in [3.63, 3.8) is 0 Å². The Morgan fingerprint density at radius 3 is 2.54 bits per heavy atom. The molecule has 0 amide bonds. The van der Waals surface area contributed by atoms with E-state index >= 15 is 0 Å². The van der Waals surface area contributed by atoms with E-state index in [0.717, 1.165) is 22.4 Å². The second-order valence-corrected chi connectivity index (χ2v) is 7.82. The number of aliphatic hydroxyl groups is 1. The fourth-order valence-electron chi connectivity index (χ4n) is 2.91. The van der Waals surface area contributed by atoms with E-state index in [1.807, 2.05) is 28.8 Å². The fraction of sp³-hybridized carbons (Fsp3) is 0.167. The number of aliphatic hydroxyl groups excluding tert-OH is 1. The molecule has 0 spiro atoms. The van der Waals surface area contributed by atoms with Gasteiger partial charge in [-0.25, -0.2) is 9.66 Å². The number of benzene rings is 2. The van der Waals surface area contributed by atoms with Gasteiger partial charge in [-0.15, -0.1) is 10.2 Å². The van der Waals surface area contributed by atoms with Crippen LogP contribution >= 0.6 is 35.0 Å². The van der Waals surface area contributed by atoms with E-state index in [1.165, 1.54) is 16.4 Å². The standard InChI is InChI=1S/C18H16Cl2N6OS/c19-12-3-1-11(2-4-12)17-23-24-18(26(17)21)28-10-16-22-14-6-5-13(20)9-15(14)25(16)7-8-27/h1-6,9,27H,7-8,10,21H2. The van der Waals surface area contributed by atoms with Crippen LogP contribution in [0.1, 0.15) is 5.82 Å². The Kier molecular flexibility index (Phi) is 5.45. The van der Waals surface area contributed by atoms with E-state index in [-0.39, 0.29) is 6.61 Å². The molecule has 2 aromatic heterocycles. The molecule has 0 atom stereocenters. The van der Waals surface area contributed by atoms with Gasteiger partial charge in [0.05, 0.1) is 23.4 Å². The molecule has 7 nitrogen and oxygen atoms in total. The quantitative estimate of drug-likeness (QED) is 0.355. The van der Waals surface area contributed by atoms with Crippen LogP contribution in [0.25, 0.3) is 22.4 Å². The van der Waals surface area contributed by atoms with Crippen molar-refractivity contribution < 1.29 is 5.11 Å². The van der Waals surface area contributed by atoms with Gasteiger partial charge in [0.2, 0.25) is 5.16 Å². The third-order valence-corrected chi connectivity index (χ3v) is 5.64. The molecule has 0 saturated heterocycles. The van der Waals surface area contributed by atoms with Gasteiger partial charge >= 0.3 is 0 Å². The number of imidazole rings is 1. The summed E-state index contributed by atoms with van der Waals surface area (Å²) in [5, 5.41) is 19.6. The molecule has 0 bridgehead atoms.